The third-order valence-corrected chi connectivity index (χ3v) is 4.96. The first-order chi connectivity index (χ1) is 21.0. The van der Waals surface area contributed by atoms with Crippen LogP contribution in [-0.4, -0.2) is 139 Å². The van der Waals surface area contributed by atoms with E-state index in [4.69, 9.17) is 53.6 Å². The summed E-state index contributed by atoms with van der Waals surface area (Å²) in [5.41, 5.74) is 0. The summed E-state index contributed by atoms with van der Waals surface area (Å²) in [7, 11) is 0. The second kappa shape index (κ2) is 54.1. The van der Waals surface area contributed by atoms with Crippen molar-refractivity contribution in [3.8, 4) is 0 Å². The largest absolute Gasteiger partial charge is 0.394 e. The van der Waals surface area contributed by atoms with Crippen molar-refractivity contribution in [2.75, 3.05) is 112 Å². The fourth-order valence-corrected chi connectivity index (χ4v) is 2.68. The SMILES string of the molecule is CCCCCCOCCO.CCCCOCCOCCO.CCCCOCCOCCOCCO.CCCOCC(C)O. The van der Waals surface area contributed by atoms with Crippen molar-refractivity contribution in [2.24, 2.45) is 0 Å². The molecule has 0 aliphatic carbocycles. The van der Waals surface area contributed by atoms with Gasteiger partial charge in [0.2, 0.25) is 0 Å². The summed E-state index contributed by atoms with van der Waals surface area (Å²) in [4.78, 5) is 0. The lowest BCUT2D eigenvalue weighted by Crippen LogP contribution is -2.11. The molecule has 1 atom stereocenters. The monoisotopic (exact) mass is 633 g/mol. The number of rotatable bonds is 30. The van der Waals surface area contributed by atoms with Gasteiger partial charge in [-0.15, -0.1) is 0 Å². The molecule has 0 rings (SSSR count). The van der Waals surface area contributed by atoms with Crippen molar-refractivity contribution in [2.45, 2.75) is 98.5 Å². The molecule has 0 saturated carbocycles. The summed E-state index contributed by atoms with van der Waals surface area (Å²) in [5.74, 6) is 0. The van der Waals surface area contributed by atoms with E-state index in [2.05, 4.69) is 20.8 Å². The molecule has 0 amide bonds. The Balaban J connectivity index is -0.000000241. The fourth-order valence-electron chi connectivity index (χ4n) is 2.68. The molecule has 0 aromatic carbocycles. The Kier molecular flexibility index (Phi) is 62.2. The van der Waals surface area contributed by atoms with Gasteiger partial charge in [0.05, 0.1) is 92.0 Å². The summed E-state index contributed by atoms with van der Waals surface area (Å²) in [5, 5.41) is 33.7. The lowest BCUT2D eigenvalue weighted by Gasteiger charge is -2.05. The van der Waals surface area contributed by atoms with Gasteiger partial charge in [-0.3, -0.25) is 0 Å². The summed E-state index contributed by atoms with van der Waals surface area (Å²) in [6, 6.07) is 0. The molecule has 11 nitrogen and oxygen atoms in total. The summed E-state index contributed by atoms with van der Waals surface area (Å²) >= 11 is 0. The summed E-state index contributed by atoms with van der Waals surface area (Å²) in [6.45, 7) is 19.1. The highest BCUT2D eigenvalue weighted by atomic mass is 16.5. The smallest absolute Gasteiger partial charge is 0.0745 e. The number of unbranched alkanes of at least 4 members (excludes halogenated alkanes) is 5. The minimum Gasteiger partial charge on any atom is -0.394 e. The van der Waals surface area contributed by atoms with Gasteiger partial charge in [-0.05, 0) is 32.6 Å². The van der Waals surface area contributed by atoms with Gasteiger partial charge >= 0.3 is 0 Å². The molecule has 0 spiro atoms. The molecule has 0 aromatic rings. The molecule has 0 aliphatic rings. The van der Waals surface area contributed by atoms with Crippen LogP contribution in [-0.2, 0) is 33.2 Å². The molecule has 0 aromatic heterocycles. The maximum Gasteiger partial charge on any atom is 0.0745 e. The molecule has 0 aliphatic heterocycles. The first kappa shape index (κ1) is 49.4. The zero-order valence-corrected chi connectivity index (χ0v) is 28.6. The topological polar surface area (TPSA) is 146 Å². The van der Waals surface area contributed by atoms with E-state index in [0.29, 0.717) is 66.1 Å². The molecule has 0 bridgehead atoms. The Morgan fingerprint density at radius 3 is 1.07 bits per heavy atom. The molecule has 266 valence electrons. The molecular weight excluding hydrogens is 560 g/mol. The van der Waals surface area contributed by atoms with E-state index in [1.54, 1.807) is 6.92 Å². The van der Waals surface area contributed by atoms with Gasteiger partial charge < -0.3 is 53.6 Å². The quantitative estimate of drug-likeness (QED) is 0.0853. The normalized spacial score (nSPS) is 11.1. The summed E-state index contributed by atoms with van der Waals surface area (Å²) < 4.78 is 35.8. The Morgan fingerprint density at radius 1 is 0.372 bits per heavy atom. The number of hydrogen-bond donors (Lipinski definition) is 4. The minimum atomic E-state index is -0.318. The maximum absolute atomic E-state index is 8.65. The molecule has 43 heavy (non-hydrogen) atoms. The molecule has 0 fully saturated rings. The van der Waals surface area contributed by atoms with Gasteiger partial charge in [0.15, 0.2) is 0 Å². The van der Waals surface area contributed by atoms with E-state index in [1.807, 2.05) is 6.92 Å². The zero-order valence-electron chi connectivity index (χ0n) is 28.6. The predicted molar refractivity (Wildman–Crippen MR) is 173 cm³/mol. The van der Waals surface area contributed by atoms with E-state index in [-0.39, 0.29) is 25.9 Å². The van der Waals surface area contributed by atoms with Crippen LogP contribution in [0.1, 0.15) is 92.4 Å². The lowest BCUT2D eigenvalue weighted by atomic mass is 10.2. The van der Waals surface area contributed by atoms with E-state index >= 15 is 0 Å². The first-order valence-electron chi connectivity index (χ1n) is 16.6. The van der Waals surface area contributed by atoms with Crippen LogP contribution in [0.25, 0.3) is 0 Å². The number of aliphatic hydroxyl groups is 4. The molecule has 0 heterocycles. The van der Waals surface area contributed by atoms with Crippen LogP contribution >= 0.6 is 0 Å². The standard InChI is InChI=1S/C10H22O4.C8H18O3.C8H18O2.C6H14O2/c1-2-3-5-12-7-9-14-10-8-13-6-4-11;1-2-3-5-10-7-8-11-6-4-9;1-2-3-4-5-7-10-8-6-9;1-3-4-8-5-6(2)7/h11H,2-10H2,1H3;9H,2-8H2,1H3;9H,2-8H2,1H3;6-7H,3-5H2,1-2H3. The molecule has 4 N–H and O–H groups in total. The second-order valence-corrected chi connectivity index (χ2v) is 9.54. The van der Waals surface area contributed by atoms with Crippen LogP contribution in [0.15, 0.2) is 0 Å². The highest BCUT2D eigenvalue weighted by Gasteiger charge is 1.92. The van der Waals surface area contributed by atoms with Gasteiger partial charge in [-0.2, -0.15) is 0 Å². The van der Waals surface area contributed by atoms with Crippen LogP contribution in [0.4, 0.5) is 0 Å². The third kappa shape index (κ3) is 69.6. The Bertz CT molecular complexity index is 378. The number of hydrogen-bond acceptors (Lipinski definition) is 11. The van der Waals surface area contributed by atoms with Crippen molar-refractivity contribution in [3.05, 3.63) is 0 Å². The van der Waals surface area contributed by atoms with Crippen LogP contribution in [0, 0.1) is 0 Å². The molecule has 0 radical (unpaired) electrons. The van der Waals surface area contributed by atoms with Gasteiger partial charge in [0.25, 0.3) is 0 Å². The Labute approximate surface area is 264 Å². The van der Waals surface area contributed by atoms with E-state index in [9.17, 15) is 0 Å². The lowest BCUT2D eigenvalue weighted by molar-refractivity contribution is 0.00735. The van der Waals surface area contributed by atoms with Crippen LogP contribution in [0.3, 0.4) is 0 Å². The van der Waals surface area contributed by atoms with E-state index in [0.717, 1.165) is 65.0 Å². The van der Waals surface area contributed by atoms with Gasteiger partial charge in [-0.25, -0.2) is 0 Å². The number of aliphatic hydroxyl groups excluding tert-OH is 4. The van der Waals surface area contributed by atoms with E-state index in [1.165, 1.54) is 19.3 Å². The van der Waals surface area contributed by atoms with Crippen molar-refractivity contribution in [1.82, 2.24) is 0 Å². The van der Waals surface area contributed by atoms with E-state index < -0.39 is 0 Å². The van der Waals surface area contributed by atoms with Crippen LogP contribution in [0.2, 0.25) is 0 Å². The first-order valence-corrected chi connectivity index (χ1v) is 16.6. The minimum absolute atomic E-state index is 0.0696. The Morgan fingerprint density at radius 2 is 0.721 bits per heavy atom. The van der Waals surface area contributed by atoms with Crippen LogP contribution in [0.5, 0.6) is 0 Å². The predicted octanol–water partition coefficient (Wildman–Crippen LogP) is 4.01. The third-order valence-electron chi connectivity index (χ3n) is 4.96. The second-order valence-electron chi connectivity index (χ2n) is 9.54. The van der Waals surface area contributed by atoms with Crippen molar-refractivity contribution < 1.29 is 53.6 Å². The van der Waals surface area contributed by atoms with Gasteiger partial charge in [0.1, 0.15) is 0 Å². The average molecular weight is 633 g/mol. The van der Waals surface area contributed by atoms with Gasteiger partial charge in [-0.1, -0.05) is 59.8 Å². The zero-order chi connectivity index (χ0) is 32.9. The fraction of sp³-hybridized carbons (Fsp3) is 1.00. The van der Waals surface area contributed by atoms with Crippen LogP contribution < -0.4 is 0 Å². The molecule has 0 saturated heterocycles. The average Bonchev–Trinajstić information content (AvgIpc) is 3.00. The Hall–Kier alpha value is -0.440. The highest BCUT2D eigenvalue weighted by Crippen LogP contribution is 1.98. The maximum atomic E-state index is 8.65. The van der Waals surface area contributed by atoms with Crippen molar-refractivity contribution in [3.63, 3.8) is 0 Å². The summed E-state index contributed by atoms with van der Waals surface area (Å²) in [6.07, 6.45) is 10.2. The molecule has 11 heteroatoms. The van der Waals surface area contributed by atoms with Crippen molar-refractivity contribution >= 4 is 0 Å². The molecular formula is C32H72O11. The molecule has 1 unspecified atom stereocenters. The van der Waals surface area contributed by atoms with Gasteiger partial charge in [0, 0.05) is 26.4 Å². The number of ether oxygens (including phenoxy) is 7. The van der Waals surface area contributed by atoms with Crippen molar-refractivity contribution in [1.29, 1.82) is 0 Å². The highest BCUT2D eigenvalue weighted by molar-refractivity contribution is 4.40.